The number of carbonyl (C=O) groups excluding carboxylic acids is 1. The van der Waals surface area contributed by atoms with Crippen LogP contribution in [0.2, 0.25) is 0 Å². The summed E-state index contributed by atoms with van der Waals surface area (Å²) in [4.78, 5) is 20.7. The molecule has 0 bridgehead atoms. The van der Waals surface area contributed by atoms with E-state index in [4.69, 9.17) is 0 Å². The molecule has 0 N–H and O–H groups in total. The van der Waals surface area contributed by atoms with E-state index >= 15 is 0 Å². The maximum Gasteiger partial charge on any atom is 0.185 e. The molecule has 1 fully saturated rings. The Balaban J connectivity index is 1.83. The molecular weight excluding hydrogens is 269 g/mol. The Morgan fingerprint density at radius 3 is 2.90 bits per heavy atom. The third-order valence-electron chi connectivity index (χ3n) is 4.07. The maximum absolute atomic E-state index is 12.8. The Morgan fingerprint density at radius 2 is 2.33 bits per heavy atom. The fraction of sp³-hybridized carbons (Fsp3) is 0.625. The van der Waals surface area contributed by atoms with E-state index in [2.05, 4.69) is 28.9 Å². The first-order chi connectivity index (χ1) is 9.95. The van der Waals surface area contributed by atoms with Crippen molar-refractivity contribution >= 4 is 5.78 Å². The van der Waals surface area contributed by atoms with Crippen molar-refractivity contribution in [1.29, 1.82) is 0 Å². The van der Waals surface area contributed by atoms with Crippen molar-refractivity contribution in [2.75, 3.05) is 40.3 Å². The Hall–Kier alpha value is -1.33. The summed E-state index contributed by atoms with van der Waals surface area (Å²) in [6.45, 7) is 5.92. The van der Waals surface area contributed by atoms with Gasteiger partial charge in [0.25, 0.3) is 0 Å². The first-order valence-electron chi connectivity index (χ1n) is 7.48. The van der Waals surface area contributed by atoms with Crippen LogP contribution in [0.5, 0.6) is 0 Å². The van der Waals surface area contributed by atoms with Crippen LogP contribution in [-0.4, -0.2) is 60.8 Å². The molecule has 1 saturated heterocycles. The van der Waals surface area contributed by atoms with Crippen molar-refractivity contribution < 1.29 is 9.18 Å². The molecule has 0 spiro atoms. The minimum atomic E-state index is -0.415. The number of pyridine rings is 1. The van der Waals surface area contributed by atoms with E-state index < -0.39 is 5.82 Å². The van der Waals surface area contributed by atoms with Crippen LogP contribution < -0.4 is 0 Å². The standard InChI is InChI=1S/C16H24FN3O/c1-12(16(21)15-5-4-14(17)8-18-15)9-20(3)11-13-6-7-19(2)10-13/h4-5,8,12-13H,6-7,9-11H2,1-3H3. The van der Waals surface area contributed by atoms with Gasteiger partial charge in [-0.05, 0) is 45.1 Å². The quantitative estimate of drug-likeness (QED) is 0.751. The topological polar surface area (TPSA) is 36.4 Å². The average molecular weight is 293 g/mol. The van der Waals surface area contributed by atoms with E-state index in [1.165, 1.54) is 18.6 Å². The van der Waals surface area contributed by atoms with Gasteiger partial charge in [-0.25, -0.2) is 4.39 Å². The van der Waals surface area contributed by atoms with Gasteiger partial charge >= 0.3 is 0 Å². The lowest BCUT2D eigenvalue weighted by atomic mass is 10.0. The van der Waals surface area contributed by atoms with Gasteiger partial charge in [-0.1, -0.05) is 6.92 Å². The Kier molecular flexibility index (Phi) is 5.42. The SMILES string of the molecule is CC(CN(C)CC1CCN(C)C1)C(=O)c1ccc(F)cn1. The van der Waals surface area contributed by atoms with E-state index in [1.54, 1.807) is 0 Å². The molecule has 21 heavy (non-hydrogen) atoms. The molecule has 1 aliphatic rings. The molecule has 2 atom stereocenters. The lowest BCUT2D eigenvalue weighted by molar-refractivity contribution is 0.0893. The second-order valence-corrected chi connectivity index (χ2v) is 6.27. The number of nitrogens with zero attached hydrogens (tertiary/aromatic N) is 3. The van der Waals surface area contributed by atoms with Crippen LogP contribution in [0, 0.1) is 17.7 Å². The van der Waals surface area contributed by atoms with Crippen LogP contribution in [0.15, 0.2) is 18.3 Å². The average Bonchev–Trinajstić information content (AvgIpc) is 2.83. The summed E-state index contributed by atoms with van der Waals surface area (Å²) < 4.78 is 12.8. The predicted molar refractivity (Wildman–Crippen MR) is 80.8 cm³/mol. The van der Waals surface area contributed by atoms with E-state index in [0.717, 1.165) is 25.8 Å². The highest BCUT2D eigenvalue weighted by atomic mass is 19.1. The van der Waals surface area contributed by atoms with Gasteiger partial charge in [-0.3, -0.25) is 9.78 Å². The summed E-state index contributed by atoms with van der Waals surface area (Å²) in [6, 6.07) is 2.74. The predicted octanol–water partition coefficient (Wildman–Crippen LogP) is 1.92. The Bertz CT molecular complexity index is 477. The van der Waals surface area contributed by atoms with Gasteiger partial charge in [-0.2, -0.15) is 0 Å². The molecule has 5 heteroatoms. The smallest absolute Gasteiger partial charge is 0.185 e. The number of Topliss-reactive ketones (excluding diaryl/α,β-unsaturated/α-hetero) is 1. The minimum Gasteiger partial charge on any atom is -0.306 e. The van der Waals surface area contributed by atoms with E-state index in [-0.39, 0.29) is 11.7 Å². The number of aromatic nitrogens is 1. The largest absolute Gasteiger partial charge is 0.306 e. The lowest BCUT2D eigenvalue weighted by Crippen LogP contribution is -2.33. The third-order valence-corrected chi connectivity index (χ3v) is 4.07. The second-order valence-electron chi connectivity index (χ2n) is 6.27. The van der Waals surface area contributed by atoms with Crippen LogP contribution in [-0.2, 0) is 0 Å². The zero-order chi connectivity index (χ0) is 15.4. The van der Waals surface area contributed by atoms with Crippen molar-refractivity contribution in [1.82, 2.24) is 14.8 Å². The molecule has 1 aromatic rings. The molecule has 0 aliphatic carbocycles. The molecule has 4 nitrogen and oxygen atoms in total. The summed E-state index contributed by atoms with van der Waals surface area (Å²) in [7, 11) is 4.20. The van der Waals surface area contributed by atoms with E-state index in [1.807, 2.05) is 6.92 Å². The highest BCUT2D eigenvalue weighted by Crippen LogP contribution is 2.16. The summed E-state index contributed by atoms with van der Waals surface area (Å²) in [5.74, 6) is 0.116. The molecule has 2 rings (SSSR count). The minimum absolute atomic E-state index is 0.0228. The number of halogens is 1. The van der Waals surface area contributed by atoms with Crippen LogP contribution in [0.1, 0.15) is 23.8 Å². The first-order valence-corrected chi connectivity index (χ1v) is 7.48. The normalized spacial score (nSPS) is 20.9. The first kappa shape index (κ1) is 16.0. The number of rotatable bonds is 6. The fourth-order valence-electron chi connectivity index (χ4n) is 3.02. The Morgan fingerprint density at radius 1 is 1.57 bits per heavy atom. The summed E-state index contributed by atoms with van der Waals surface area (Å²) >= 11 is 0. The van der Waals surface area contributed by atoms with E-state index in [0.29, 0.717) is 18.2 Å². The summed E-state index contributed by atoms with van der Waals surface area (Å²) in [5.41, 5.74) is 0.345. The van der Waals surface area contributed by atoms with Crippen molar-refractivity contribution in [3.8, 4) is 0 Å². The number of ketones is 1. The van der Waals surface area contributed by atoms with Crippen molar-refractivity contribution in [3.05, 3.63) is 29.8 Å². The van der Waals surface area contributed by atoms with Crippen LogP contribution in [0.3, 0.4) is 0 Å². The zero-order valence-electron chi connectivity index (χ0n) is 13.1. The highest BCUT2D eigenvalue weighted by Gasteiger charge is 2.23. The van der Waals surface area contributed by atoms with Crippen LogP contribution in [0.25, 0.3) is 0 Å². The molecule has 116 valence electrons. The number of hydrogen-bond donors (Lipinski definition) is 0. The molecule has 2 unspecified atom stereocenters. The van der Waals surface area contributed by atoms with Gasteiger partial charge in [-0.15, -0.1) is 0 Å². The van der Waals surface area contributed by atoms with Crippen LogP contribution in [0.4, 0.5) is 4.39 Å². The Labute approximate surface area is 126 Å². The summed E-state index contributed by atoms with van der Waals surface area (Å²) in [5, 5.41) is 0. The fourth-order valence-corrected chi connectivity index (χ4v) is 3.02. The molecule has 0 amide bonds. The lowest BCUT2D eigenvalue weighted by Gasteiger charge is -2.23. The number of hydrogen-bond acceptors (Lipinski definition) is 4. The molecular formula is C16H24FN3O. The van der Waals surface area contributed by atoms with Crippen molar-refractivity contribution in [3.63, 3.8) is 0 Å². The van der Waals surface area contributed by atoms with Crippen molar-refractivity contribution in [2.45, 2.75) is 13.3 Å². The molecule has 1 aromatic heterocycles. The molecule has 0 saturated carbocycles. The molecule has 1 aliphatic heterocycles. The molecule has 2 heterocycles. The van der Waals surface area contributed by atoms with Gasteiger partial charge in [0.15, 0.2) is 5.78 Å². The zero-order valence-corrected chi connectivity index (χ0v) is 13.1. The number of carbonyl (C=O) groups is 1. The highest BCUT2D eigenvalue weighted by molar-refractivity contribution is 5.95. The van der Waals surface area contributed by atoms with Gasteiger partial charge < -0.3 is 9.80 Å². The summed E-state index contributed by atoms with van der Waals surface area (Å²) in [6.07, 6.45) is 2.32. The monoisotopic (exact) mass is 293 g/mol. The molecule has 0 aromatic carbocycles. The van der Waals surface area contributed by atoms with Crippen LogP contribution >= 0.6 is 0 Å². The third kappa shape index (κ3) is 4.58. The van der Waals surface area contributed by atoms with Crippen molar-refractivity contribution in [2.24, 2.45) is 11.8 Å². The van der Waals surface area contributed by atoms with E-state index in [9.17, 15) is 9.18 Å². The van der Waals surface area contributed by atoms with Gasteiger partial charge in [0.05, 0.1) is 6.20 Å². The van der Waals surface area contributed by atoms with Gasteiger partial charge in [0.2, 0.25) is 0 Å². The molecule has 0 radical (unpaired) electrons. The maximum atomic E-state index is 12.8. The van der Waals surface area contributed by atoms with Gasteiger partial charge in [0, 0.05) is 25.6 Å². The number of likely N-dealkylation sites (tertiary alicyclic amines) is 1. The second kappa shape index (κ2) is 7.09. The van der Waals surface area contributed by atoms with Gasteiger partial charge in [0.1, 0.15) is 11.5 Å².